The summed E-state index contributed by atoms with van der Waals surface area (Å²) >= 11 is 0. The standard InChI is InChI=1S/C25H27N5O4/c1-4-29-21-11-10-19(13-20(21)24(33)30(5-2)25(29)34)28-22(31)12-16(3)15-27-23(32)18-8-6-17(14-26)7-9-18/h6-11,13,16H,4-5,12,15H2,1-3H3,(H,27,32)(H,28,31). The fourth-order valence-electron chi connectivity index (χ4n) is 3.75. The number of carbonyl (C=O) groups excluding carboxylic acids is 2. The first-order valence-corrected chi connectivity index (χ1v) is 11.1. The summed E-state index contributed by atoms with van der Waals surface area (Å²) in [5.41, 5.74) is 1.17. The molecule has 0 aliphatic carbocycles. The molecule has 0 bridgehead atoms. The van der Waals surface area contributed by atoms with Crippen molar-refractivity contribution in [2.24, 2.45) is 5.92 Å². The predicted octanol–water partition coefficient (Wildman–Crippen LogP) is 2.47. The second kappa shape index (κ2) is 10.6. The lowest BCUT2D eigenvalue weighted by atomic mass is 10.1. The van der Waals surface area contributed by atoms with Gasteiger partial charge < -0.3 is 10.6 Å². The molecule has 0 aliphatic heterocycles. The van der Waals surface area contributed by atoms with Gasteiger partial charge in [-0.3, -0.25) is 23.5 Å². The maximum atomic E-state index is 12.7. The van der Waals surface area contributed by atoms with Crippen LogP contribution in [-0.2, 0) is 17.9 Å². The number of nitrogens with one attached hydrogen (secondary N) is 2. The van der Waals surface area contributed by atoms with E-state index < -0.39 is 0 Å². The lowest BCUT2D eigenvalue weighted by Gasteiger charge is -2.14. The van der Waals surface area contributed by atoms with Crippen LogP contribution in [0.2, 0.25) is 0 Å². The van der Waals surface area contributed by atoms with Gasteiger partial charge in [-0.05, 0) is 62.2 Å². The molecule has 0 saturated heterocycles. The Morgan fingerprint density at radius 1 is 1.03 bits per heavy atom. The minimum absolute atomic E-state index is 0.134. The van der Waals surface area contributed by atoms with Gasteiger partial charge in [0.2, 0.25) is 5.91 Å². The first-order chi connectivity index (χ1) is 16.3. The normalized spacial score (nSPS) is 11.6. The van der Waals surface area contributed by atoms with E-state index in [1.54, 1.807) is 49.4 Å². The highest BCUT2D eigenvalue weighted by Crippen LogP contribution is 2.16. The van der Waals surface area contributed by atoms with E-state index in [1.807, 2.05) is 19.9 Å². The van der Waals surface area contributed by atoms with Crippen molar-refractivity contribution in [1.29, 1.82) is 5.26 Å². The number of aromatic nitrogens is 2. The van der Waals surface area contributed by atoms with Crippen molar-refractivity contribution in [1.82, 2.24) is 14.5 Å². The third kappa shape index (κ3) is 5.23. The third-order valence-electron chi connectivity index (χ3n) is 5.56. The first-order valence-electron chi connectivity index (χ1n) is 11.1. The maximum Gasteiger partial charge on any atom is 0.331 e. The second-order valence-electron chi connectivity index (χ2n) is 8.06. The van der Waals surface area contributed by atoms with E-state index in [4.69, 9.17) is 5.26 Å². The summed E-state index contributed by atoms with van der Waals surface area (Å²) in [6.07, 6.45) is 0.166. The molecule has 0 radical (unpaired) electrons. The van der Waals surface area contributed by atoms with Crippen LogP contribution in [0.4, 0.5) is 5.69 Å². The monoisotopic (exact) mass is 461 g/mol. The molecule has 176 valence electrons. The van der Waals surface area contributed by atoms with Crippen LogP contribution in [0.15, 0.2) is 52.1 Å². The zero-order chi connectivity index (χ0) is 24.8. The summed E-state index contributed by atoms with van der Waals surface area (Å²) in [5.74, 6) is -0.662. The van der Waals surface area contributed by atoms with Crippen molar-refractivity contribution in [3.05, 3.63) is 74.4 Å². The lowest BCUT2D eigenvalue weighted by Crippen LogP contribution is -2.39. The molecule has 1 heterocycles. The van der Waals surface area contributed by atoms with Crippen molar-refractivity contribution < 1.29 is 9.59 Å². The predicted molar refractivity (Wildman–Crippen MR) is 130 cm³/mol. The second-order valence-corrected chi connectivity index (χ2v) is 8.06. The number of anilines is 1. The van der Waals surface area contributed by atoms with E-state index >= 15 is 0 Å². The molecule has 1 unspecified atom stereocenters. The van der Waals surface area contributed by atoms with Gasteiger partial charge in [0, 0.05) is 37.3 Å². The number of hydrogen-bond donors (Lipinski definition) is 2. The van der Waals surface area contributed by atoms with Crippen LogP contribution in [0.1, 0.15) is 43.1 Å². The van der Waals surface area contributed by atoms with Crippen LogP contribution in [0.5, 0.6) is 0 Å². The van der Waals surface area contributed by atoms with Gasteiger partial charge in [0.1, 0.15) is 0 Å². The summed E-state index contributed by atoms with van der Waals surface area (Å²) in [5, 5.41) is 14.8. The Balaban J connectivity index is 1.65. The highest BCUT2D eigenvalue weighted by molar-refractivity contribution is 5.95. The molecule has 0 saturated carbocycles. The Labute approximate surface area is 196 Å². The molecule has 2 amide bonds. The van der Waals surface area contributed by atoms with Crippen molar-refractivity contribution >= 4 is 28.4 Å². The van der Waals surface area contributed by atoms with E-state index in [0.29, 0.717) is 40.8 Å². The van der Waals surface area contributed by atoms with Gasteiger partial charge >= 0.3 is 5.69 Å². The molecule has 0 aliphatic rings. The summed E-state index contributed by atoms with van der Waals surface area (Å²) in [4.78, 5) is 50.0. The van der Waals surface area contributed by atoms with Gasteiger partial charge in [0.05, 0.1) is 22.5 Å². The molecule has 3 aromatic rings. The van der Waals surface area contributed by atoms with Crippen LogP contribution in [0, 0.1) is 17.2 Å². The number of nitriles is 1. The lowest BCUT2D eigenvalue weighted by molar-refractivity contribution is -0.116. The summed E-state index contributed by atoms with van der Waals surface area (Å²) in [6, 6.07) is 13.2. The number of fused-ring (bicyclic) bond motifs is 1. The summed E-state index contributed by atoms with van der Waals surface area (Å²) in [7, 11) is 0. The van der Waals surface area contributed by atoms with Gasteiger partial charge in [0.25, 0.3) is 11.5 Å². The smallest absolute Gasteiger partial charge is 0.331 e. The molecule has 1 aromatic heterocycles. The molecule has 2 N–H and O–H groups in total. The molecule has 34 heavy (non-hydrogen) atoms. The van der Waals surface area contributed by atoms with E-state index in [9.17, 15) is 19.2 Å². The fourth-order valence-corrected chi connectivity index (χ4v) is 3.75. The highest BCUT2D eigenvalue weighted by Gasteiger charge is 2.15. The average molecular weight is 462 g/mol. The molecule has 3 rings (SSSR count). The molecule has 9 nitrogen and oxygen atoms in total. The fraction of sp³-hybridized carbons (Fsp3) is 0.320. The van der Waals surface area contributed by atoms with Gasteiger partial charge in [-0.2, -0.15) is 5.26 Å². The van der Waals surface area contributed by atoms with Crippen LogP contribution in [-0.4, -0.2) is 27.5 Å². The molecule has 0 spiro atoms. The SMILES string of the molecule is CCn1c(=O)c2cc(NC(=O)CC(C)CNC(=O)c3ccc(C#N)cc3)ccc2n(CC)c1=O. The number of hydrogen-bond acceptors (Lipinski definition) is 5. The Morgan fingerprint density at radius 2 is 1.71 bits per heavy atom. The van der Waals surface area contributed by atoms with Crippen LogP contribution in [0.3, 0.4) is 0 Å². The summed E-state index contributed by atoms with van der Waals surface area (Å²) in [6.45, 7) is 6.40. The largest absolute Gasteiger partial charge is 0.352 e. The minimum atomic E-state index is -0.387. The zero-order valence-electron chi connectivity index (χ0n) is 19.4. The van der Waals surface area contributed by atoms with Crippen molar-refractivity contribution in [3.8, 4) is 6.07 Å². The highest BCUT2D eigenvalue weighted by atomic mass is 16.2. The van der Waals surface area contributed by atoms with E-state index in [2.05, 4.69) is 10.6 Å². The quantitative estimate of drug-likeness (QED) is 0.533. The molecule has 1 atom stereocenters. The first kappa shape index (κ1) is 24.5. The molecule has 2 aromatic carbocycles. The van der Waals surface area contributed by atoms with E-state index in [-0.39, 0.29) is 41.9 Å². The van der Waals surface area contributed by atoms with E-state index in [0.717, 1.165) is 0 Å². The van der Waals surface area contributed by atoms with Crippen molar-refractivity contribution in [2.75, 3.05) is 11.9 Å². The third-order valence-corrected chi connectivity index (χ3v) is 5.56. The Bertz CT molecular complexity index is 1380. The van der Waals surface area contributed by atoms with Gasteiger partial charge in [-0.25, -0.2) is 4.79 Å². The van der Waals surface area contributed by atoms with Crippen molar-refractivity contribution in [2.45, 2.75) is 40.3 Å². The molecular formula is C25H27N5O4. The number of nitrogens with zero attached hydrogens (tertiary/aromatic N) is 3. The van der Waals surface area contributed by atoms with E-state index in [1.165, 1.54) is 9.13 Å². The minimum Gasteiger partial charge on any atom is -0.352 e. The van der Waals surface area contributed by atoms with Crippen molar-refractivity contribution in [3.63, 3.8) is 0 Å². The molecule has 0 fully saturated rings. The van der Waals surface area contributed by atoms with Gasteiger partial charge in [-0.15, -0.1) is 0 Å². The van der Waals surface area contributed by atoms with Crippen LogP contribution >= 0.6 is 0 Å². The Morgan fingerprint density at radius 3 is 2.32 bits per heavy atom. The zero-order valence-corrected chi connectivity index (χ0v) is 19.4. The number of rotatable bonds is 8. The maximum absolute atomic E-state index is 12.7. The number of carbonyl (C=O) groups is 2. The number of benzene rings is 2. The topological polar surface area (TPSA) is 126 Å². The Hall–Kier alpha value is -4.19. The average Bonchev–Trinajstić information content (AvgIpc) is 2.83. The molecule has 9 heteroatoms. The number of aryl methyl sites for hydroxylation is 1. The Kier molecular flexibility index (Phi) is 7.64. The summed E-state index contributed by atoms with van der Waals surface area (Å²) < 4.78 is 2.71. The van der Waals surface area contributed by atoms with Gasteiger partial charge in [-0.1, -0.05) is 6.92 Å². The van der Waals surface area contributed by atoms with Crippen LogP contribution < -0.4 is 21.9 Å². The van der Waals surface area contributed by atoms with Gasteiger partial charge in [0.15, 0.2) is 0 Å². The van der Waals surface area contributed by atoms with Crippen LogP contribution in [0.25, 0.3) is 10.9 Å². The number of amides is 2. The molecular weight excluding hydrogens is 434 g/mol.